The summed E-state index contributed by atoms with van der Waals surface area (Å²) in [6.07, 6.45) is 0.860. The molecule has 0 aliphatic rings. The lowest BCUT2D eigenvalue weighted by atomic mass is 10.0. The molecule has 0 saturated heterocycles. The first kappa shape index (κ1) is 15.0. The highest BCUT2D eigenvalue weighted by Gasteiger charge is 1.99. The van der Waals surface area contributed by atoms with Crippen molar-refractivity contribution in [1.82, 2.24) is 0 Å². The van der Waals surface area contributed by atoms with Crippen LogP contribution in [0.4, 0.5) is 5.69 Å². The van der Waals surface area contributed by atoms with Crippen LogP contribution in [0.25, 0.3) is 11.1 Å². The van der Waals surface area contributed by atoms with Crippen molar-refractivity contribution in [2.75, 3.05) is 19.0 Å². The molecule has 0 aromatic heterocycles. The second-order valence-corrected chi connectivity index (χ2v) is 4.18. The molecule has 2 rings (SSSR count). The lowest BCUT2D eigenvalue weighted by Crippen LogP contribution is -2.07. The van der Waals surface area contributed by atoms with Crippen molar-refractivity contribution in [1.29, 1.82) is 0 Å². The van der Waals surface area contributed by atoms with Gasteiger partial charge in [0.15, 0.2) is 0 Å². The zero-order valence-electron chi connectivity index (χ0n) is 12.1. The molecule has 0 amide bonds. The summed E-state index contributed by atoms with van der Waals surface area (Å²) in [6, 6.07) is 16.0. The zero-order valence-corrected chi connectivity index (χ0v) is 12.1. The van der Waals surface area contributed by atoms with Crippen molar-refractivity contribution >= 4 is 12.0 Å². The fourth-order valence-corrected chi connectivity index (χ4v) is 1.71. The Morgan fingerprint density at radius 2 is 1.21 bits per heavy atom. The van der Waals surface area contributed by atoms with Gasteiger partial charge in [-0.05, 0) is 23.3 Å². The van der Waals surface area contributed by atoms with E-state index in [-0.39, 0.29) is 0 Å². The second kappa shape index (κ2) is 7.37. The van der Waals surface area contributed by atoms with Crippen LogP contribution in [-0.2, 0) is 0 Å². The molecule has 2 aromatic rings. The number of carbonyl (C=O) groups excluding carboxylic acids is 1. The predicted octanol–water partition coefficient (Wildman–Crippen LogP) is 4.26. The van der Waals surface area contributed by atoms with Crippen molar-refractivity contribution in [3.05, 3.63) is 54.1 Å². The monoisotopic (exact) mass is 255 g/mol. The molecule has 2 nitrogen and oxygen atoms in total. The van der Waals surface area contributed by atoms with Gasteiger partial charge in [0.25, 0.3) is 0 Å². The van der Waals surface area contributed by atoms with E-state index in [4.69, 9.17) is 0 Å². The maximum atomic E-state index is 10.6. The van der Waals surface area contributed by atoms with Crippen molar-refractivity contribution in [3.63, 3.8) is 0 Å². The largest absolute Gasteiger partial charge is 0.378 e. The van der Waals surface area contributed by atoms with Crippen molar-refractivity contribution < 1.29 is 4.79 Å². The Morgan fingerprint density at radius 3 is 1.58 bits per heavy atom. The maximum absolute atomic E-state index is 10.6. The molecular formula is C17H21NO. The third kappa shape index (κ3) is 3.95. The van der Waals surface area contributed by atoms with Crippen LogP contribution in [0.3, 0.4) is 0 Å². The summed E-state index contributed by atoms with van der Waals surface area (Å²) in [4.78, 5) is 12.6. The number of carbonyl (C=O) groups is 1. The van der Waals surface area contributed by atoms with Crippen LogP contribution in [0.15, 0.2) is 48.5 Å². The average molecular weight is 255 g/mol. The lowest BCUT2D eigenvalue weighted by Gasteiger charge is -2.12. The number of aldehydes is 1. The van der Waals surface area contributed by atoms with Crippen LogP contribution >= 0.6 is 0 Å². The van der Waals surface area contributed by atoms with Gasteiger partial charge in [-0.15, -0.1) is 0 Å². The number of hydrogen-bond donors (Lipinski definition) is 0. The summed E-state index contributed by atoms with van der Waals surface area (Å²) in [5, 5.41) is 0. The van der Waals surface area contributed by atoms with E-state index in [2.05, 4.69) is 29.2 Å². The third-order valence-corrected chi connectivity index (χ3v) is 2.76. The van der Waals surface area contributed by atoms with Crippen LogP contribution in [0.2, 0.25) is 0 Å². The Kier molecular flexibility index (Phi) is 5.80. The van der Waals surface area contributed by atoms with Gasteiger partial charge in [0.1, 0.15) is 6.29 Å². The summed E-state index contributed by atoms with van der Waals surface area (Å²) < 4.78 is 0. The molecule has 100 valence electrons. The Balaban J connectivity index is 0.000000861. The van der Waals surface area contributed by atoms with E-state index in [1.54, 1.807) is 0 Å². The highest BCUT2D eigenvalue weighted by atomic mass is 16.1. The molecule has 0 unspecified atom stereocenters. The molecule has 0 heterocycles. The maximum Gasteiger partial charge on any atom is 0.150 e. The Labute approximate surface area is 115 Å². The van der Waals surface area contributed by atoms with Gasteiger partial charge in [0.2, 0.25) is 0 Å². The van der Waals surface area contributed by atoms with Gasteiger partial charge >= 0.3 is 0 Å². The summed E-state index contributed by atoms with van der Waals surface area (Å²) in [6.45, 7) is 4.00. The summed E-state index contributed by atoms with van der Waals surface area (Å²) >= 11 is 0. The molecular weight excluding hydrogens is 234 g/mol. The molecule has 0 aliphatic carbocycles. The minimum atomic E-state index is 0.707. The second-order valence-electron chi connectivity index (χ2n) is 4.18. The number of benzene rings is 2. The number of rotatable bonds is 3. The molecule has 2 aromatic carbocycles. The van der Waals surface area contributed by atoms with E-state index in [0.29, 0.717) is 5.56 Å². The van der Waals surface area contributed by atoms with Crippen LogP contribution in [-0.4, -0.2) is 20.4 Å². The summed E-state index contributed by atoms with van der Waals surface area (Å²) in [5.41, 5.74) is 4.17. The third-order valence-electron chi connectivity index (χ3n) is 2.76. The van der Waals surface area contributed by atoms with Gasteiger partial charge in [-0.25, -0.2) is 0 Å². The molecule has 0 fully saturated rings. The molecule has 0 atom stereocenters. The fraction of sp³-hybridized carbons (Fsp3) is 0.235. The van der Waals surface area contributed by atoms with Crippen LogP contribution < -0.4 is 4.90 Å². The van der Waals surface area contributed by atoms with Crippen LogP contribution in [0, 0.1) is 0 Å². The lowest BCUT2D eigenvalue weighted by molar-refractivity contribution is 0.112. The standard InChI is InChI=1S/C15H15NO.C2H6/c1-16(2)15-9-7-14(8-10-15)13-5-3-12(11-17)4-6-13;1-2/h3-11H,1-2H3;1-2H3. The predicted molar refractivity (Wildman–Crippen MR) is 82.9 cm³/mol. The average Bonchev–Trinajstić information content (AvgIpc) is 2.49. The molecule has 2 heteroatoms. The molecule has 0 bridgehead atoms. The van der Waals surface area contributed by atoms with Gasteiger partial charge in [0.05, 0.1) is 0 Å². The van der Waals surface area contributed by atoms with Crippen LogP contribution in [0.1, 0.15) is 24.2 Å². The Hall–Kier alpha value is -2.09. The Bertz CT molecular complexity index is 498. The van der Waals surface area contributed by atoms with E-state index >= 15 is 0 Å². The highest BCUT2D eigenvalue weighted by Crippen LogP contribution is 2.22. The van der Waals surface area contributed by atoms with Gasteiger partial charge in [-0.1, -0.05) is 50.2 Å². The first-order valence-corrected chi connectivity index (χ1v) is 6.54. The van der Waals surface area contributed by atoms with E-state index in [1.165, 1.54) is 5.69 Å². The quantitative estimate of drug-likeness (QED) is 0.764. The van der Waals surface area contributed by atoms with Gasteiger partial charge in [-0.2, -0.15) is 0 Å². The van der Waals surface area contributed by atoms with Crippen molar-refractivity contribution in [2.24, 2.45) is 0 Å². The summed E-state index contributed by atoms with van der Waals surface area (Å²) in [7, 11) is 4.04. The number of nitrogens with zero attached hydrogens (tertiary/aromatic N) is 1. The smallest absolute Gasteiger partial charge is 0.150 e. The number of hydrogen-bond acceptors (Lipinski definition) is 2. The fourth-order valence-electron chi connectivity index (χ4n) is 1.71. The van der Waals surface area contributed by atoms with Gasteiger partial charge in [0, 0.05) is 25.3 Å². The molecule has 19 heavy (non-hydrogen) atoms. The number of anilines is 1. The highest BCUT2D eigenvalue weighted by molar-refractivity contribution is 5.77. The first-order chi connectivity index (χ1) is 9.20. The topological polar surface area (TPSA) is 20.3 Å². The molecule has 0 aliphatic heterocycles. The zero-order chi connectivity index (χ0) is 14.3. The normalized spacial score (nSPS) is 9.26. The molecule has 0 spiro atoms. The van der Waals surface area contributed by atoms with E-state index in [0.717, 1.165) is 17.4 Å². The first-order valence-electron chi connectivity index (χ1n) is 6.54. The van der Waals surface area contributed by atoms with E-state index < -0.39 is 0 Å². The Morgan fingerprint density at radius 1 is 0.789 bits per heavy atom. The summed E-state index contributed by atoms with van der Waals surface area (Å²) in [5.74, 6) is 0. The van der Waals surface area contributed by atoms with Crippen LogP contribution in [0.5, 0.6) is 0 Å². The van der Waals surface area contributed by atoms with E-state index in [9.17, 15) is 4.79 Å². The molecule has 0 saturated carbocycles. The van der Waals surface area contributed by atoms with Gasteiger partial charge in [-0.3, -0.25) is 4.79 Å². The molecule has 0 radical (unpaired) electrons. The van der Waals surface area contributed by atoms with Crippen molar-refractivity contribution in [3.8, 4) is 11.1 Å². The SMILES string of the molecule is CC.CN(C)c1ccc(-c2ccc(C=O)cc2)cc1. The van der Waals surface area contributed by atoms with E-state index in [1.807, 2.05) is 52.2 Å². The van der Waals surface area contributed by atoms with Crippen molar-refractivity contribution in [2.45, 2.75) is 13.8 Å². The molecule has 0 N–H and O–H groups in total. The van der Waals surface area contributed by atoms with Gasteiger partial charge < -0.3 is 4.90 Å². The minimum Gasteiger partial charge on any atom is -0.378 e. The minimum absolute atomic E-state index is 0.707.